The van der Waals surface area contributed by atoms with Crippen LogP contribution in [0.15, 0.2) is 174 Å². The number of hydrogen-bond donors (Lipinski definition) is 4. The van der Waals surface area contributed by atoms with Gasteiger partial charge >= 0.3 is 6.09 Å². The van der Waals surface area contributed by atoms with Gasteiger partial charge in [0.15, 0.2) is 22.8 Å². The lowest BCUT2D eigenvalue weighted by atomic mass is 9.92. The summed E-state index contributed by atoms with van der Waals surface area (Å²) in [5, 5.41) is 11.8. The van der Waals surface area contributed by atoms with Gasteiger partial charge in [-0.25, -0.2) is 51.7 Å². The van der Waals surface area contributed by atoms with Crippen LogP contribution in [0.4, 0.5) is 33.9 Å². The molecule has 23 heteroatoms. The van der Waals surface area contributed by atoms with E-state index < -0.39 is 29.1 Å². The molecule has 432 valence electrons. The molecule has 0 saturated carbocycles. The molecule has 11 rings (SSSR count). The highest BCUT2D eigenvalue weighted by Crippen LogP contribution is 2.31. The fourth-order valence-electron chi connectivity index (χ4n) is 8.16. The number of nitrogens with zero attached hydrogens (tertiary/aromatic N) is 8. The van der Waals surface area contributed by atoms with Crippen LogP contribution in [0, 0.1) is 23.3 Å². The number of nitrogen functional groups attached to an aromatic ring is 1. The van der Waals surface area contributed by atoms with Gasteiger partial charge in [-0.3, -0.25) is 19.7 Å². The van der Waals surface area contributed by atoms with Gasteiger partial charge in [0.05, 0.1) is 46.5 Å². The standard InChI is InChI=1S/C29H25F2N5O3.C20H20FN3O2.C13H9FN4O2/c1-29(2,3)25-14-20(36(35-25)19-6-4-5-18(30)12-19)13-21(37)11-17-7-8-22(15-23(17)31)39-24-9-10-32-28-27(24)33-16-26(38)34-28;1-20(2,3)17-13-18(22-19(25)26-16-10-5-4-6-11-16)24(23-17)15-9-7-8-14(21)12-15;14-8-5-7(1-2-9(8)15)20-10-3-4-16-13-12(10)17-6-11(19)18-13/h4-10,12,14-16H,11,13H2,1-3H3,(H,32,34,38);4-13H,1-3H3,(H,22,25);1-6H,15H2,(H,16,18,19). The van der Waals surface area contributed by atoms with Crippen molar-refractivity contribution < 1.29 is 41.4 Å². The number of hydrogen-bond acceptors (Lipinski definition) is 14. The van der Waals surface area contributed by atoms with Gasteiger partial charge in [0.25, 0.3) is 11.1 Å². The first-order valence-electron chi connectivity index (χ1n) is 26.2. The first-order valence-corrected chi connectivity index (χ1v) is 26.2. The molecule has 0 saturated heterocycles. The molecule has 5 aromatic carbocycles. The number of benzene rings is 5. The lowest BCUT2D eigenvalue weighted by Gasteiger charge is -2.14. The molecular formula is C62H54F4N12O7. The number of Topliss-reactive ketones (excluding diaryl/α,β-unsaturated/α-hetero) is 1. The zero-order chi connectivity index (χ0) is 60.6. The van der Waals surface area contributed by atoms with E-state index in [1.165, 1.54) is 71.7 Å². The van der Waals surface area contributed by atoms with Crippen LogP contribution in [-0.2, 0) is 28.5 Å². The Balaban J connectivity index is 0.000000163. The molecule has 6 aromatic heterocycles. The third-order valence-electron chi connectivity index (χ3n) is 12.4. The number of ether oxygens (including phenoxy) is 3. The number of para-hydroxylation sites is 1. The number of H-pyrrole nitrogens is 2. The molecule has 0 aliphatic carbocycles. The Bertz CT molecular complexity index is 4370. The summed E-state index contributed by atoms with van der Waals surface area (Å²) >= 11 is 0. The van der Waals surface area contributed by atoms with E-state index in [0.717, 1.165) is 23.8 Å². The molecule has 6 heterocycles. The second kappa shape index (κ2) is 25.1. The molecule has 0 aliphatic heterocycles. The van der Waals surface area contributed by atoms with Crippen LogP contribution >= 0.6 is 0 Å². The van der Waals surface area contributed by atoms with Gasteiger partial charge in [-0.1, -0.05) is 77.9 Å². The summed E-state index contributed by atoms with van der Waals surface area (Å²) < 4.78 is 75.5. The Labute approximate surface area is 482 Å². The number of carbonyl (C=O) groups is 2. The Morgan fingerprint density at radius 2 is 1.09 bits per heavy atom. The summed E-state index contributed by atoms with van der Waals surface area (Å²) in [6, 6.07) is 35.8. The van der Waals surface area contributed by atoms with E-state index >= 15 is 4.39 Å². The second-order valence-electron chi connectivity index (χ2n) is 21.1. The number of amides is 1. The van der Waals surface area contributed by atoms with E-state index in [1.807, 2.05) is 53.7 Å². The van der Waals surface area contributed by atoms with Crippen molar-refractivity contribution in [3.05, 3.63) is 231 Å². The normalized spacial score (nSPS) is 11.3. The number of rotatable bonds is 12. The predicted octanol–water partition coefficient (Wildman–Crippen LogP) is 12.0. The fraction of sp³-hybridized carbons (Fsp3) is 0.161. The van der Waals surface area contributed by atoms with Crippen LogP contribution in [0.25, 0.3) is 33.7 Å². The molecule has 0 bridgehead atoms. The Morgan fingerprint density at radius 1 is 0.565 bits per heavy atom. The van der Waals surface area contributed by atoms with Crippen molar-refractivity contribution in [3.8, 4) is 40.1 Å². The number of pyridine rings is 2. The third-order valence-corrected chi connectivity index (χ3v) is 12.4. The first kappa shape index (κ1) is 58.8. The number of ketones is 1. The predicted molar refractivity (Wildman–Crippen MR) is 311 cm³/mol. The maximum absolute atomic E-state index is 15.0. The average molecular weight is 1160 g/mol. The molecule has 85 heavy (non-hydrogen) atoms. The number of aromatic nitrogens is 10. The van der Waals surface area contributed by atoms with Gasteiger partial charge in [0.1, 0.15) is 63.2 Å². The molecule has 19 nitrogen and oxygen atoms in total. The first-order chi connectivity index (χ1) is 40.5. The molecule has 0 atom stereocenters. The van der Waals surface area contributed by atoms with Gasteiger partial charge < -0.3 is 29.9 Å². The van der Waals surface area contributed by atoms with Crippen LogP contribution in [-0.4, -0.2) is 61.3 Å². The Hall–Kier alpha value is -10.8. The third kappa shape index (κ3) is 15.0. The smallest absolute Gasteiger partial charge is 0.418 e. The summed E-state index contributed by atoms with van der Waals surface area (Å²) in [5.74, 6) is -0.237. The monoisotopic (exact) mass is 1150 g/mol. The second-order valence-corrected chi connectivity index (χ2v) is 21.1. The number of anilines is 2. The molecular weight excluding hydrogens is 1100 g/mol. The number of nitrogens with two attached hydrogens (primary N) is 1. The Morgan fingerprint density at radius 3 is 1.64 bits per heavy atom. The van der Waals surface area contributed by atoms with Gasteiger partial charge in [-0.2, -0.15) is 10.2 Å². The van der Waals surface area contributed by atoms with E-state index in [4.69, 9.17) is 19.9 Å². The minimum atomic E-state index is -0.644. The van der Waals surface area contributed by atoms with E-state index in [0.29, 0.717) is 56.8 Å². The highest BCUT2D eigenvalue weighted by Gasteiger charge is 2.24. The van der Waals surface area contributed by atoms with Gasteiger partial charge in [0, 0.05) is 66.4 Å². The summed E-state index contributed by atoms with van der Waals surface area (Å²) in [5.41, 5.74) is 8.72. The number of fused-ring (bicyclic) bond motifs is 2. The van der Waals surface area contributed by atoms with E-state index in [9.17, 15) is 32.3 Å². The number of nitrogens with one attached hydrogen (secondary N) is 3. The van der Waals surface area contributed by atoms with Crippen molar-refractivity contribution in [1.29, 1.82) is 0 Å². The SMILES string of the molecule is CC(C)(C)c1cc(CC(=O)Cc2ccc(Oc3ccnc4[nH]c(=O)cnc34)cc2F)n(-c2cccc(F)c2)n1.CC(C)(C)c1cc(NC(=O)Oc2ccccc2)n(-c2cccc(F)c2)n1.Nc1ccc(Oc2ccnc3[nH]c(=O)cnc23)cc1F. The summed E-state index contributed by atoms with van der Waals surface area (Å²) in [4.78, 5) is 69.1. The van der Waals surface area contributed by atoms with Crippen molar-refractivity contribution in [1.82, 2.24) is 49.5 Å². The summed E-state index contributed by atoms with van der Waals surface area (Å²) in [7, 11) is 0. The van der Waals surface area contributed by atoms with Crippen molar-refractivity contribution in [2.75, 3.05) is 11.1 Å². The van der Waals surface area contributed by atoms with Crippen molar-refractivity contribution in [2.45, 2.75) is 65.2 Å². The summed E-state index contributed by atoms with van der Waals surface area (Å²) in [6.07, 6.45) is 4.34. The quantitative estimate of drug-likeness (QED) is 0.0656. The van der Waals surface area contributed by atoms with Gasteiger partial charge in [0.2, 0.25) is 0 Å². The van der Waals surface area contributed by atoms with Gasteiger partial charge in [-0.15, -0.1) is 0 Å². The van der Waals surface area contributed by atoms with Gasteiger partial charge in [-0.05, 0) is 78.4 Å². The number of aromatic amines is 2. The van der Waals surface area contributed by atoms with Crippen LogP contribution in [0.5, 0.6) is 28.7 Å². The molecule has 0 aliphatic rings. The van der Waals surface area contributed by atoms with E-state index in [1.54, 1.807) is 77.5 Å². The average Bonchev–Trinajstić information content (AvgIpc) is 3.87. The molecule has 0 unspecified atom stereocenters. The molecule has 0 radical (unpaired) electrons. The largest absolute Gasteiger partial charge is 0.455 e. The van der Waals surface area contributed by atoms with Crippen LogP contribution in [0.2, 0.25) is 0 Å². The fourth-order valence-corrected chi connectivity index (χ4v) is 8.16. The molecule has 5 N–H and O–H groups in total. The molecule has 11 aromatic rings. The number of carbonyl (C=O) groups excluding carboxylic acids is 2. The van der Waals surface area contributed by atoms with E-state index in [2.05, 4.69) is 45.4 Å². The van der Waals surface area contributed by atoms with Crippen LogP contribution < -0.4 is 36.4 Å². The Kier molecular flexibility index (Phi) is 17.4. The van der Waals surface area contributed by atoms with E-state index in [-0.39, 0.29) is 69.2 Å². The number of halogens is 4. The lowest BCUT2D eigenvalue weighted by molar-refractivity contribution is -0.117. The maximum atomic E-state index is 15.0. The molecule has 0 fully saturated rings. The molecule has 0 spiro atoms. The minimum absolute atomic E-state index is 0.00976. The van der Waals surface area contributed by atoms with Crippen LogP contribution in [0.3, 0.4) is 0 Å². The van der Waals surface area contributed by atoms with Crippen molar-refractivity contribution in [2.24, 2.45) is 0 Å². The minimum Gasteiger partial charge on any atom is -0.455 e. The maximum Gasteiger partial charge on any atom is 0.418 e. The molecule has 1 amide bonds. The zero-order valence-corrected chi connectivity index (χ0v) is 46.5. The zero-order valence-electron chi connectivity index (χ0n) is 46.5. The summed E-state index contributed by atoms with van der Waals surface area (Å²) in [6.45, 7) is 12.0. The van der Waals surface area contributed by atoms with Crippen molar-refractivity contribution >= 4 is 45.7 Å². The highest BCUT2D eigenvalue weighted by atomic mass is 19.1. The highest BCUT2D eigenvalue weighted by molar-refractivity contribution is 5.86. The van der Waals surface area contributed by atoms with Crippen molar-refractivity contribution in [3.63, 3.8) is 0 Å². The lowest BCUT2D eigenvalue weighted by Crippen LogP contribution is -2.19. The van der Waals surface area contributed by atoms with Crippen LogP contribution in [0.1, 0.15) is 64.2 Å². The topological polar surface area (TPSA) is 253 Å².